The Morgan fingerprint density at radius 1 is 1.48 bits per heavy atom. The second-order valence-electron chi connectivity index (χ2n) is 5.52. The number of aromatic nitrogens is 1. The summed E-state index contributed by atoms with van der Waals surface area (Å²) in [6.07, 6.45) is 0. The Bertz CT molecular complexity index is 623. The van der Waals surface area contributed by atoms with Gasteiger partial charge in [0.25, 0.3) is 0 Å². The molecule has 0 spiro atoms. The molecule has 21 heavy (non-hydrogen) atoms. The second kappa shape index (κ2) is 6.87. The van der Waals surface area contributed by atoms with Crippen LogP contribution in [0.1, 0.15) is 20.8 Å². The van der Waals surface area contributed by atoms with Crippen LogP contribution >= 0.6 is 11.3 Å². The Kier molecular flexibility index (Phi) is 5.14. The van der Waals surface area contributed by atoms with Crippen molar-refractivity contribution >= 4 is 38.3 Å². The molecule has 1 aromatic heterocycles. The average Bonchev–Trinajstić information content (AvgIpc) is 2.78. The summed E-state index contributed by atoms with van der Waals surface area (Å²) in [5.74, 6) is 0.521. The fourth-order valence-electron chi connectivity index (χ4n) is 2.18. The molecule has 0 saturated heterocycles. The van der Waals surface area contributed by atoms with Crippen molar-refractivity contribution in [1.29, 1.82) is 0 Å². The van der Waals surface area contributed by atoms with E-state index >= 15 is 0 Å². The maximum atomic E-state index is 12.1. The SMILES string of the molecule is CCN(CC(=O)Nc1nc2ccc(N)cc2s1)CC(C)C. The molecule has 2 aromatic rings. The molecule has 0 aliphatic heterocycles. The van der Waals surface area contributed by atoms with Crippen LogP contribution in [0.5, 0.6) is 0 Å². The largest absolute Gasteiger partial charge is 0.399 e. The lowest BCUT2D eigenvalue weighted by atomic mass is 10.2. The van der Waals surface area contributed by atoms with Crippen molar-refractivity contribution in [2.24, 2.45) is 5.92 Å². The van der Waals surface area contributed by atoms with Gasteiger partial charge in [0.2, 0.25) is 5.91 Å². The number of rotatable bonds is 6. The van der Waals surface area contributed by atoms with Crippen molar-refractivity contribution in [1.82, 2.24) is 9.88 Å². The summed E-state index contributed by atoms with van der Waals surface area (Å²) in [7, 11) is 0. The highest BCUT2D eigenvalue weighted by Gasteiger charge is 2.12. The molecule has 0 aliphatic rings. The van der Waals surface area contributed by atoms with Gasteiger partial charge in [-0.1, -0.05) is 32.1 Å². The Morgan fingerprint density at radius 2 is 2.24 bits per heavy atom. The molecule has 1 aromatic carbocycles. The molecule has 5 nitrogen and oxygen atoms in total. The minimum atomic E-state index is -0.0236. The van der Waals surface area contributed by atoms with Gasteiger partial charge in [-0.15, -0.1) is 0 Å². The van der Waals surface area contributed by atoms with E-state index in [1.807, 2.05) is 18.2 Å². The first kappa shape index (κ1) is 15.7. The molecule has 0 fully saturated rings. The molecule has 6 heteroatoms. The van der Waals surface area contributed by atoms with Gasteiger partial charge in [0, 0.05) is 12.2 Å². The van der Waals surface area contributed by atoms with Crippen LogP contribution < -0.4 is 11.1 Å². The first-order valence-electron chi connectivity index (χ1n) is 7.16. The molecule has 1 amide bonds. The van der Waals surface area contributed by atoms with Gasteiger partial charge in [0.15, 0.2) is 5.13 Å². The zero-order chi connectivity index (χ0) is 15.4. The maximum absolute atomic E-state index is 12.1. The van der Waals surface area contributed by atoms with E-state index in [0.29, 0.717) is 23.3 Å². The maximum Gasteiger partial charge on any atom is 0.240 e. The number of fused-ring (bicyclic) bond motifs is 1. The Morgan fingerprint density at radius 3 is 2.90 bits per heavy atom. The van der Waals surface area contributed by atoms with Crippen LogP contribution in [0.4, 0.5) is 10.8 Å². The van der Waals surface area contributed by atoms with Gasteiger partial charge >= 0.3 is 0 Å². The summed E-state index contributed by atoms with van der Waals surface area (Å²) >= 11 is 1.45. The van der Waals surface area contributed by atoms with Gasteiger partial charge in [-0.25, -0.2) is 4.98 Å². The number of benzene rings is 1. The van der Waals surface area contributed by atoms with Crippen LogP contribution in [-0.4, -0.2) is 35.4 Å². The smallest absolute Gasteiger partial charge is 0.240 e. The molecule has 0 radical (unpaired) electrons. The molecule has 0 bridgehead atoms. The van der Waals surface area contributed by atoms with E-state index in [1.165, 1.54) is 11.3 Å². The number of nitrogens with one attached hydrogen (secondary N) is 1. The zero-order valence-electron chi connectivity index (χ0n) is 12.7. The van der Waals surface area contributed by atoms with E-state index in [9.17, 15) is 4.79 Å². The summed E-state index contributed by atoms with van der Waals surface area (Å²) in [4.78, 5) is 18.6. The van der Waals surface area contributed by atoms with Crippen LogP contribution in [0.2, 0.25) is 0 Å². The summed E-state index contributed by atoms with van der Waals surface area (Å²) in [5, 5.41) is 3.50. The highest BCUT2D eigenvalue weighted by atomic mass is 32.1. The highest BCUT2D eigenvalue weighted by Crippen LogP contribution is 2.27. The van der Waals surface area contributed by atoms with Gasteiger partial charge < -0.3 is 11.1 Å². The fraction of sp³-hybridized carbons (Fsp3) is 0.467. The van der Waals surface area contributed by atoms with Gasteiger partial charge in [0.1, 0.15) is 0 Å². The predicted molar refractivity (Wildman–Crippen MR) is 89.6 cm³/mol. The number of nitrogen functional groups attached to an aromatic ring is 1. The Labute approximate surface area is 129 Å². The number of nitrogens with two attached hydrogens (primary N) is 1. The first-order chi connectivity index (χ1) is 9.97. The summed E-state index contributed by atoms with van der Waals surface area (Å²) in [6, 6.07) is 5.56. The van der Waals surface area contributed by atoms with E-state index < -0.39 is 0 Å². The number of amides is 1. The third-order valence-electron chi connectivity index (χ3n) is 3.10. The monoisotopic (exact) mass is 306 g/mol. The Balaban J connectivity index is 2.00. The predicted octanol–water partition coefficient (Wildman–Crippen LogP) is 2.79. The molecule has 0 unspecified atom stereocenters. The van der Waals surface area contributed by atoms with Crippen molar-refractivity contribution in [3.05, 3.63) is 18.2 Å². The number of hydrogen-bond donors (Lipinski definition) is 2. The van der Waals surface area contributed by atoms with Crippen LogP contribution in [0, 0.1) is 5.92 Å². The van der Waals surface area contributed by atoms with Crippen LogP contribution in [0.3, 0.4) is 0 Å². The first-order valence-corrected chi connectivity index (χ1v) is 7.98. The average molecular weight is 306 g/mol. The van der Waals surface area contributed by atoms with Crippen molar-refractivity contribution < 1.29 is 4.79 Å². The molecule has 2 rings (SSSR count). The number of carbonyl (C=O) groups excluding carboxylic acids is 1. The van der Waals surface area contributed by atoms with Crippen molar-refractivity contribution in [3.8, 4) is 0 Å². The Hall–Kier alpha value is -1.66. The molecule has 0 aliphatic carbocycles. The van der Waals surface area contributed by atoms with Gasteiger partial charge in [0.05, 0.1) is 16.8 Å². The third kappa shape index (κ3) is 4.41. The molecule has 114 valence electrons. The summed E-state index contributed by atoms with van der Waals surface area (Å²) < 4.78 is 0.986. The third-order valence-corrected chi connectivity index (χ3v) is 4.03. The number of nitrogens with zero attached hydrogens (tertiary/aromatic N) is 2. The molecule has 0 saturated carbocycles. The van der Waals surface area contributed by atoms with Crippen LogP contribution in [-0.2, 0) is 4.79 Å². The lowest BCUT2D eigenvalue weighted by Gasteiger charge is -2.21. The lowest BCUT2D eigenvalue weighted by molar-refractivity contribution is -0.117. The molecule has 1 heterocycles. The second-order valence-corrected chi connectivity index (χ2v) is 6.55. The lowest BCUT2D eigenvalue weighted by Crippen LogP contribution is -2.35. The van der Waals surface area contributed by atoms with Crippen molar-refractivity contribution in [2.75, 3.05) is 30.7 Å². The minimum Gasteiger partial charge on any atom is -0.399 e. The molecule has 3 N–H and O–H groups in total. The zero-order valence-corrected chi connectivity index (χ0v) is 13.5. The normalized spacial score (nSPS) is 11.5. The van der Waals surface area contributed by atoms with Gasteiger partial charge in [-0.3, -0.25) is 9.69 Å². The number of likely N-dealkylation sites (N-methyl/N-ethyl adjacent to an activating group) is 1. The van der Waals surface area contributed by atoms with Crippen LogP contribution in [0.25, 0.3) is 10.2 Å². The minimum absolute atomic E-state index is 0.0236. The quantitative estimate of drug-likeness (QED) is 0.805. The van der Waals surface area contributed by atoms with Crippen molar-refractivity contribution in [2.45, 2.75) is 20.8 Å². The number of thiazole rings is 1. The highest BCUT2D eigenvalue weighted by molar-refractivity contribution is 7.22. The van der Waals surface area contributed by atoms with E-state index in [2.05, 4.69) is 36.0 Å². The number of carbonyl (C=O) groups is 1. The van der Waals surface area contributed by atoms with Crippen molar-refractivity contribution in [3.63, 3.8) is 0 Å². The fourth-order valence-corrected chi connectivity index (χ4v) is 3.11. The van der Waals surface area contributed by atoms with E-state index in [4.69, 9.17) is 5.73 Å². The van der Waals surface area contributed by atoms with Crippen LogP contribution in [0.15, 0.2) is 18.2 Å². The number of hydrogen-bond acceptors (Lipinski definition) is 5. The van der Waals surface area contributed by atoms with E-state index in [-0.39, 0.29) is 5.91 Å². The summed E-state index contributed by atoms with van der Waals surface area (Å²) in [5.41, 5.74) is 7.32. The molecular formula is C15H22N4OS. The molecular weight excluding hydrogens is 284 g/mol. The van der Waals surface area contributed by atoms with E-state index in [1.54, 1.807) is 0 Å². The summed E-state index contributed by atoms with van der Waals surface area (Å²) in [6.45, 7) is 8.54. The standard InChI is InChI=1S/C15H22N4OS/c1-4-19(8-10(2)3)9-14(20)18-15-17-12-6-5-11(16)7-13(12)21-15/h5-7,10H,4,8-9,16H2,1-3H3,(H,17,18,20). The van der Waals surface area contributed by atoms with E-state index in [0.717, 1.165) is 23.3 Å². The van der Waals surface area contributed by atoms with Gasteiger partial charge in [-0.05, 0) is 30.7 Å². The number of anilines is 2. The van der Waals surface area contributed by atoms with Gasteiger partial charge in [-0.2, -0.15) is 0 Å². The topological polar surface area (TPSA) is 71.2 Å². The molecule has 0 atom stereocenters.